The number of rotatable bonds is 7. The molecule has 0 aliphatic carbocycles. The number of unbranched alkanes of at least 4 members (excludes halogenated alkanes) is 1. The Kier molecular flexibility index (Phi) is 5.42. The van der Waals surface area contributed by atoms with E-state index in [-0.39, 0.29) is 17.2 Å². The van der Waals surface area contributed by atoms with Crippen LogP contribution in [0.1, 0.15) is 36.1 Å². The number of hydrogen-bond acceptors (Lipinski definition) is 6. The van der Waals surface area contributed by atoms with Crippen LogP contribution < -0.4 is 16.6 Å². The first-order chi connectivity index (χ1) is 14.6. The minimum atomic E-state index is -0.337. The number of H-pyrrole nitrogens is 1. The average Bonchev–Trinajstić information content (AvgIpc) is 3.11. The SMILES string of the molecule is CCCCc1nc2c(N)nc3cccnc3c2n1CCNC(=O)c1cccc(=O)[nH]1. The van der Waals surface area contributed by atoms with Gasteiger partial charge in [0.05, 0.1) is 5.52 Å². The minimum Gasteiger partial charge on any atom is -0.382 e. The first-order valence-corrected chi connectivity index (χ1v) is 9.95. The summed E-state index contributed by atoms with van der Waals surface area (Å²) in [7, 11) is 0. The Balaban J connectivity index is 1.67. The fourth-order valence-corrected chi connectivity index (χ4v) is 3.49. The Morgan fingerprint density at radius 1 is 1.20 bits per heavy atom. The van der Waals surface area contributed by atoms with Crippen LogP contribution in [0.15, 0.2) is 41.3 Å². The standard InChI is InChI=1S/C21H23N7O2/c1-2-3-8-15-27-18-19(17-13(26-20(18)22)7-5-10-23-17)28(15)12-11-24-21(30)14-6-4-9-16(29)25-14/h4-7,9-10H,2-3,8,11-12H2,1H3,(H2,22,26)(H,24,30)(H,25,29). The molecule has 0 aromatic carbocycles. The topological polar surface area (TPSA) is 132 Å². The summed E-state index contributed by atoms with van der Waals surface area (Å²) in [6.45, 7) is 2.98. The van der Waals surface area contributed by atoms with Crippen LogP contribution in [0.25, 0.3) is 22.1 Å². The van der Waals surface area contributed by atoms with E-state index < -0.39 is 0 Å². The molecule has 4 rings (SSSR count). The van der Waals surface area contributed by atoms with Gasteiger partial charge in [-0.15, -0.1) is 0 Å². The molecule has 4 N–H and O–H groups in total. The number of anilines is 1. The zero-order chi connectivity index (χ0) is 21.1. The maximum atomic E-state index is 12.4. The molecule has 0 atom stereocenters. The number of fused-ring (bicyclic) bond motifs is 3. The molecule has 0 saturated heterocycles. The Morgan fingerprint density at radius 3 is 2.87 bits per heavy atom. The third kappa shape index (κ3) is 3.73. The minimum absolute atomic E-state index is 0.227. The third-order valence-corrected chi connectivity index (χ3v) is 4.93. The molecule has 154 valence electrons. The van der Waals surface area contributed by atoms with Gasteiger partial charge >= 0.3 is 0 Å². The summed E-state index contributed by atoms with van der Waals surface area (Å²) in [5.41, 5.74) is 8.99. The van der Waals surface area contributed by atoms with Crippen LogP contribution in [0.3, 0.4) is 0 Å². The number of amides is 1. The van der Waals surface area contributed by atoms with Crippen LogP contribution in [0.5, 0.6) is 0 Å². The van der Waals surface area contributed by atoms with E-state index in [0.29, 0.717) is 29.9 Å². The number of nitrogens with two attached hydrogens (primary N) is 1. The van der Waals surface area contributed by atoms with Crippen molar-refractivity contribution in [3.05, 3.63) is 58.4 Å². The summed E-state index contributed by atoms with van der Waals surface area (Å²) in [5, 5.41) is 2.85. The summed E-state index contributed by atoms with van der Waals surface area (Å²) >= 11 is 0. The van der Waals surface area contributed by atoms with Crippen LogP contribution in [-0.4, -0.2) is 37.0 Å². The predicted octanol–water partition coefficient (Wildman–Crippen LogP) is 2.02. The van der Waals surface area contributed by atoms with Crippen molar-refractivity contribution in [1.82, 2.24) is 29.8 Å². The maximum Gasteiger partial charge on any atom is 0.267 e. The molecule has 0 aliphatic heterocycles. The number of aromatic amines is 1. The lowest BCUT2D eigenvalue weighted by molar-refractivity contribution is 0.0947. The number of imidazole rings is 1. The number of nitrogens with zero attached hydrogens (tertiary/aromatic N) is 4. The van der Waals surface area contributed by atoms with Crippen molar-refractivity contribution < 1.29 is 4.79 Å². The molecule has 0 fully saturated rings. The number of aryl methyl sites for hydroxylation is 1. The highest BCUT2D eigenvalue weighted by molar-refractivity contribution is 6.04. The van der Waals surface area contributed by atoms with Gasteiger partial charge < -0.3 is 20.6 Å². The highest BCUT2D eigenvalue weighted by atomic mass is 16.2. The number of nitrogen functional groups attached to an aromatic ring is 1. The van der Waals surface area contributed by atoms with Gasteiger partial charge in [-0.1, -0.05) is 19.4 Å². The Morgan fingerprint density at radius 2 is 2.07 bits per heavy atom. The smallest absolute Gasteiger partial charge is 0.267 e. The molecule has 1 amide bonds. The second-order valence-electron chi connectivity index (χ2n) is 7.03. The van der Waals surface area contributed by atoms with Gasteiger partial charge in [0, 0.05) is 31.8 Å². The van der Waals surface area contributed by atoms with E-state index in [2.05, 4.69) is 31.8 Å². The molecule has 0 bridgehead atoms. The quantitative estimate of drug-likeness (QED) is 0.431. The van der Waals surface area contributed by atoms with E-state index in [0.717, 1.165) is 36.1 Å². The van der Waals surface area contributed by atoms with Crippen molar-refractivity contribution in [1.29, 1.82) is 0 Å². The second-order valence-corrected chi connectivity index (χ2v) is 7.03. The molecule has 9 heteroatoms. The summed E-state index contributed by atoms with van der Waals surface area (Å²) in [6.07, 6.45) is 4.53. The number of carbonyl (C=O) groups is 1. The largest absolute Gasteiger partial charge is 0.382 e. The molecule has 0 radical (unpaired) electrons. The zero-order valence-corrected chi connectivity index (χ0v) is 16.7. The van der Waals surface area contributed by atoms with Crippen LogP contribution in [-0.2, 0) is 13.0 Å². The van der Waals surface area contributed by atoms with Gasteiger partial charge in [0.15, 0.2) is 5.82 Å². The van der Waals surface area contributed by atoms with Gasteiger partial charge in [-0.05, 0) is 24.6 Å². The average molecular weight is 405 g/mol. The molecule has 9 nitrogen and oxygen atoms in total. The van der Waals surface area contributed by atoms with Gasteiger partial charge in [0.1, 0.15) is 28.1 Å². The third-order valence-electron chi connectivity index (χ3n) is 4.93. The van der Waals surface area contributed by atoms with E-state index in [1.165, 1.54) is 6.07 Å². The van der Waals surface area contributed by atoms with Crippen molar-refractivity contribution in [2.45, 2.75) is 32.7 Å². The highest BCUT2D eigenvalue weighted by Gasteiger charge is 2.18. The Bertz CT molecular complexity index is 1280. The van der Waals surface area contributed by atoms with Crippen LogP contribution in [0.2, 0.25) is 0 Å². The fraction of sp³-hybridized carbons (Fsp3) is 0.286. The molecule has 0 aliphatic rings. The monoisotopic (exact) mass is 405 g/mol. The maximum absolute atomic E-state index is 12.4. The van der Waals surface area contributed by atoms with Crippen molar-refractivity contribution >= 4 is 33.8 Å². The lowest BCUT2D eigenvalue weighted by atomic mass is 10.2. The van der Waals surface area contributed by atoms with Gasteiger partial charge in [-0.3, -0.25) is 14.6 Å². The van der Waals surface area contributed by atoms with Crippen LogP contribution in [0.4, 0.5) is 5.82 Å². The highest BCUT2D eigenvalue weighted by Crippen LogP contribution is 2.27. The molecular weight excluding hydrogens is 382 g/mol. The summed E-state index contributed by atoms with van der Waals surface area (Å²) in [6, 6.07) is 8.17. The van der Waals surface area contributed by atoms with E-state index in [4.69, 9.17) is 10.7 Å². The second kappa shape index (κ2) is 8.32. The van der Waals surface area contributed by atoms with E-state index >= 15 is 0 Å². The summed E-state index contributed by atoms with van der Waals surface area (Å²) < 4.78 is 2.06. The lowest BCUT2D eigenvalue weighted by Gasteiger charge is -2.11. The van der Waals surface area contributed by atoms with E-state index in [9.17, 15) is 9.59 Å². The number of carbonyl (C=O) groups excluding carboxylic acids is 1. The molecule has 30 heavy (non-hydrogen) atoms. The summed E-state index contributed by atoms with van der Waals surface area (Å²) in [4.78, 5) is 40.0. The molecule has 4 heterocycles. The van der Waals surface area contributed by atoms with Gasteiger partial charge in [-0.25, -0.2) is 9.97 Å². The van der Waals surface area contributed by atoms with Crippen molar-refractivity contribution in [3.63, 3.8) is 0 Å². The first-order valence-electron chi connectivity index (χ1n) is 9.95. The number of aromatic nitrogens is 5. The molecule has 0 saturated carbocycles. The van der Waals surface area contributed by atoms with Crippen LogP contribution >= 0.6 is 0 Å². The zero-order valence-electron chi connectivity index (χ0n) is 16.7. The molecule has 0 spiro atoms. The fourth-order valence-electron chi connectivity index (χ4n) is 3.49. The Hall–Kier alpha value is -3.75. The van der Waals surface area contributed by atoms with Crippen molar-refractivity contribution in [2.24, 2.45) is 0 Å². The summed E-state index contributed by atoms with van der Waals surface area (Å²) in [5.74, 6) is 0.921. The number of nitrogens with one attached hydrogen (secondary N) is 2. The molecule has 0 unspecified atom stereocenters. The number of hydrogen-bond donors (Lipinski definition) is 3. The lowest BCUT2D eigenvalue weighted by Crippen LogP contribution is -2.29. The normalized spacial score (nSPS) is 11.2. The molecule has 4 aromatic heterocycles. The van der Waals surface area contributed by atoms with Gasteiger partial charge in [0.25, 0.3) is 5.91 Å². The van der Waals surface area contributed by atoms with Crippen molar-refractivity contribution in [3.8, 4) is 0 Å². The van der Waals surface area contributed by atoms with Gasteiger partial charge in [-0.2, -0.15) is 0 Å². The molecule has 4 aromatic rings. The van der Waals surface area contributed by atoms with E-state index in [1.807, 2.05) is 12.1 Å². The predicted molar refractivity (Wildman–Crippen MR) is 115 cm³/mol. The van der Waals surface area contributed by atoms with Crippen LogP contribution in [0, 0.1) is 0 Å². The first kappa shape index (κ1) is 19.6. The Labute approximate surface area is 172 Å². The molecular formula is C21H23N7O2. The van der Waals surface area contributed by atoms with Crippen molar-refractivity contribution in [2.75, 3.05) is 12.3 Å². The van der Waals surface area contributed by atoms with Gasteiger partial charge in [0.2, 0.25) is 5.56 Å². The van der Waals surface area contributed by atoms with E-state index in [1.54, 1.807) is 18.3 Å². The number of pyridine rings is 3.